The molecule has 21 heavy (non-hydrogen) atoms. The molecule has 2 heterocycles. The second kappa shape index (κ2) is 6.68. The number of nitrogens with zero attached hydrogens (tertiary/aromatic N) is 1. The predicted molar refractivity (Wildman–Crippen MR) is 83.7 cm³/mol. The summed E-state index contributed by atoms with van der Waals surface area (Å²) < 4.78 is 11.5. The minimum absolute atomic E-state index is 0.774. The van der Waals surface area contributed by atoms with Crippen molar-refractivity contribution in [2.45, 2.75) is 26.4 Å². The van der Waals surface area contributed by atoms with Crippen LogP contribution < -0.4 is 15.0 Å². The van der Waals surface area contributed by atoms with Gasteiger partial charge in [0.1, 0.15) is 11.5 Å². The molecule has 0 spiro atoms. The zero-order chi connectivity index (χ0) is 14.5. The van der Waals surface area contributed by atoms with E-state index in [0.29, 0.717) is 0 Å². The van der Waals surface area contributed by atoms with E-state index in [0.717, 1.165) is 56.4 Å². The number of hydrogen-bond donors (Lipinski definition) is 1. The fraction of sp³-hybridized carbons (Fsp3) is 0.412. The van der Waals surface area contributed by atoms with E-state index >= 15 is 0 Å². The first-order chi connectivity index (χ1) is 10.4. The quantitative estimate of drug-likeness (QED) is 0.916. The highest BCUT2D eigenvalue weighted by Gasteiger charge is 2.18. The third-order valence-electron chi connectivity index (χ3n) is 3.77. The molecule has 3 rings (SSSR count). The molecule has 0 aliphatic carbocycles. The minimum atomic E-state index is 0.774. The average Bonchev–Trinajstić information content (AvgIpc) is 2.85. The second-order valence-electron chi connectivity index (χ2n) is 5.24. The lowest BCUT2D eigenvalue weighted by Gasteiger charge is -2.23. The molecule has 0 fully saturated rings. The molecule has 4 heteroatoms. The number of benzene rings is 1. The van der Waals surface area contributed by atoms with Gasteiger partial charge in [-0.25, -0.2) is 0 Å². The van der Waals surface area contributed by atoms with Crippen LogP contribution in [0.5, 0.6) is 5.75 Å². The zero-order valence-electron chi connectivity index (χ0n) is 12.5. The molecule has 112 valence electrons. The molecule has 1 aromatic carbocycles. The summed E-state index contributed by atoms with van der Waals surface area (Å²) in [5.41, 5.74) is 2.39. The Kier molecular flexibility index (Phi) is 4.46. The normalized spacial score (nSPS) is 14.4. The van der Waals surface area contributed by atoms with Gasteiger partial charge in [-0.05, 0) is 31.2 Å². The van der Waals surface area contributed by atoms with Crippen LogP contribution in [-0.4, -0.2) is 19.7 Å². The molecule has 1 aliphatic heterocycles. The smallest absolute Gasteiger partial charge is 0.142 e. The highest BCUT2D eigenvalue weighted by Crippen LogP contribution is 2.32. The van der Waals surface area contributed by atoms with Gasteiger partial charge >= 0.3 is 0 Å². The molecule has 0 saturated heterocycles. The van der Waals surface area contributed by atoms with Crippen molar-refractivity contribution in [3.63, 3.8) is 0 Å². The van der Waals surface area contributed by atoms with Crippen LogP contribution >= 0.6 is 0 Å². The second-order valence-corrected chi connectivity index (χ2v) is 5.24. The van der Waals surface area contributed by atoms with Crippen LogP contribution in [0.25, 0.3) is 0 Å². The van der Waals surface area contributed by atoms with E-state index in [-0.39, 0.29) is 0 Å². The third kappa shape index (κ3) is 3.22. The molecule has 1 aromatic heterocycles. The van der Waals surface area contributed by atoms with E-state index in [2.05, 4.69) is 35.3 Å². The summed E-state index contributed by atoms with van der Waals surface area (Å²) in [4.78, 5) is 2.34. The fourth-order valence-corrected chi connectivity index (χ4v) is 2.66. The Morgan fingerprint density at radius 2 is 2.14 bits per heavy atom. The Balaban J connectivity index is 1.80. The van der Waals surface area contributed by atoms with Crippen LogP contribution in [0.15, 0.2) is 41.0 Å². The van der Waals surface area contributed by atoms with Crippen molar-refractivity contribution in [3.05, 3.63) is 47.9 Å². The number of hydrogen-bond acceptors (Lipinski definition) is 4. The Bertz CT molecular complexity index is 580. The summed E-state index contributed by atoms with van der Waals surface area (Å²) in [5.74, 6) is 2.00. The average molecular weight is 286 g/mol. The van der Waals surface area contributed by atoms with E-state index in [1.54, 1.807) is 6.26 Å². The van der Waals surface area contributed by atoms with Gasteiger partial charge in [-0.15, -0.1) is 0 Å². The summed E-state index contributed by atoms with van der Waals surface area (Å²) in [6.07, 6.45) is 2.81. The standard InChI is InChI=1S/C17H22N2O2/c1-2-18-12-14-8-11-21-17(14)13-19-9-5-10-20-16-7-4-3-6-15(16)19/h3-4,6-8,11,18H,2,5,9-10,12-13H2,1H3. The number of furan rings is 1. The monoisotopic (exact) mass is 286 g/mol. The predicted octanol–water partition coefficient (Wildman–Crippen LogP) is 3.18. The largest absolute Gasteiger partial charge is 0.491 e. The molecule has 2 aromatic rings. The lowest BCUT2D eigenvalue weighted by atomic mass is 10.2. The topological polar surface area (TPSA) is 37.6 Å². The van der Waals surface area contributed by atoms with Crippen LogP contribution in [0.1, 0.15) is 24.7 Å². The molecule has 4 nitrogen and oxygen atoms in total. The van der Waals surface area contributed by atoms with E-state index in [4.69, 9.17) is 9.15 Å². The minimum Gasteiger partial charge on any atom is -0.491 e. The van der Waals surface area contributed by atoms with Crippen LogP contribution in [0.4, 0.5) is 5.69 Å². The number of ether oxygens (including phenoxy) is 1. The van der Waals surface area contributed by atoms with Crippen LogP contribution in [0, 0.1) is 0 Å². The van der Waals surface area contributed by atoms with Crippen molar-refractivity contribution in [1.82, 2.24) is 5.32 Å². The molecular weight excluding hydrogens is 264 g/mol. The Labute approximate surface area is 125 Å². The van der Waals surface area contributed by atoms with Crippen LogP contribution in [0.3, 0.4) is 0 Å². The van der Waals surface area contributed by atoms with Gasteiger partial charge in [0.05, 0.1) is 25.1 Å². The van der Waals surface area contributed by atoms with Crippen molar-refractivity contribution in [2.24, 2.45) is 0 Å². The van der Waals surface area contributed by atoms with Crippen LogP contribution in [-0.2, 0) is 13.1 Å². The maximum absolute atomic E-state index is 5.81. The van der Waals surface area contributed by atoms with Gasteiger partial charge in [0.15, 0.2) is 0 Å². The van der Waals surface area contributed by atoms with Crippen molar-refractivity contribution in [1.29, 1.82) is 0 Å². The fourth-order valence-electron chi connectivity index (χ4n) is 2.66. The first kappa shape index (κ1) is 14.0. The molecule has 0 atom stereocenters. The van der Waals surface area contributed by atoms with Gasteiger partial charge in [-0.3, -0.25) is 0 Å². The van der Waals surface area contributed by atoms with E-state index in [1.165, 1.54) is 5.56 Å². The van der Waals surface area contributed by atoms with E-state index in [9.17, 15) is 0 Å². The van der Waals surface area contributed by atoms with E-state index in [1.807, 2.05) is 12.1 Å². The summed E-state index contributed by atoms with van der Waals surface area (Å²) in [6, 6.07) is 10.3. The van der Waals surface area contributed by atoms with Gasteiger partial charge in [0.2, 0.25) is 0 Å². The van der Waals surface area contributed by atoms with Crippen molar-refractivity contribution < 1.29 is 9.15 Å². The van der Waals surface area contributed by atoms with Crippen molar-refractivity contribution in [2.75, 3.05) is 24.6 Å². The molecule has 0 bridgehead atoms. The highest BCUT2D eigenvalue weighted by atomic mass is 16.5. The first-order valence-corrected chi connectivity index (χ1v) is 7.61. The maximum Gasteiger partial charge on any atom is 0.142 e. The summed E-state index contributed by atoms with van der Waals surface area (Å²) >= 11 is 0. The number of fused-ring (bicyclic) bond motifs is 1. The zero-order valence-corrected chi connectivity index (χ0v) is 12.5. The Hall–Kier alpha value is -1.94. The molecule has 0 radical (unpaired) electrons. The van der Waals surface area contributed by atoms with Gasteiger partial charge < -0.3 is 19.4 Å². The molecular formula is C17H22N2O2. The number of anilines is 1. The molecule has 0 unspecified atom stereocenters. The van der Waals surface area contributed by atoms with Gasteiger partial charge in [-0.1, -0.05) is 19.1 Å². The summed E-state index contributed by atoms with van der Waals surface area (Å²) in [7, 11) is 0. The lowest BCUT2D eigenvalue weighted by Crippen LogP contribution is -2.24. The lowest BCUT2D eigenvalue weighted by molar-refractivity contribution is 0.322. The molecule has 0 saturated carbocycles. The van der Waals surface area contributed by atoms with Gasteiger partial charge in [0, 0.05) is 18.7 Å². The number of nitrogens with one attached hydrogen (secondary N) is 1. The summed E-state index contributed by atoms with van der Waals surface area (Å²) in [5, 5.41) is 3.36. The Morgan fingerprint density at radius 3 is 3.05 bits per heavy atom. The van der Waals surface area contributed by atoms with Gasteiger partial charge in [0.25, 0.3) is 0 Å². The van der Waals surface area contributed by atoms with Crippen LogP contribution in [0.2, 0.25) is 0 Å². The van der Waals surface area contributed by atoms with Crippen molar-refractivity contribution in [3.8, 4) is 5.75 Å². The molecule has 1 aliphatic rings. The first-order valence-electron chi connectivity index (χ1n) is 7.61. The Morgan fingerprint density at radius 1 is 1.24 bits per heavy atom. The number of para-hydroxylation sites is 2. The highest BCUT2D eigenvalue weighted by molar-refractivity contribution is 5.59. The third-order valence-corrected chi connectivity index (χ3v) is 3.77. The maximum atomic E-state index is 5.81. The molecule has 1 N–H and O–H groups in total. The van der Waals surface area contributed by atoms with Gasteiger partial charge in [-0.2, -0.15) is 0 Å². The van der Waals surface area contributed by atoms with Crippen molar-refractivity contribution >= 4 is 5.69 Å². The number of rotatable bonds is 5. The molecule has 0 amide bonds. The SMILES string of the molecule is CCNCc1ccoc1CN1CCCOc2ccccc21. The summed E-state index contributed by atoms with van der Waals surface area (Å²) in [6.45, 7) is 6.48. The van der Waals surface area contributed by atoms with E-state index < -0.39 is 0 Å².